The number of thiazole rings is 1. The first-order valence-electron chi connectivity index (χ1n) is 11.9. The van der Waals surface area contributed by atoms with E-state index < -0.39 is 6.04 Å². The molecular formula is C26H38N4O2S. The molecule has 0 aliphatic carbocycles. The molecule has 2 N–H and O–H groups in total. The highest BCUT2D eigenvalue weighted by Crippen LogP contribution is 2.29. The number of likely N-dealkylation sites (tertiary alicyclic amines) is 1. The van der Waals surface area contributed by atoms with Crippen LogP contribution in [0, 0.1) is 12.3 Å². The smallest absolute Gasteiger partial charge is 0.243 e. The van der Waals surface area contributed by atoms with E-state index >= 15 is 0 Å². The van der Waals surface area contributed by atoms with Crippen LogP contribution in [-0.4, -0.2) is 46.4 Å². The minimum atomic E-state index is -0.419. The van der Waals surface area contributed by atoms with Crippen molar-refractivity contribution >= 4 is 23.2 Å². The van der Waals surface area contributed by atoms with Crippen LogP contribution in [0.2, 0.25) is 0 Å². The van der Waals surface area contributed by atoms with Crippen molar-refractivity contribution < 1.29 is 9.59 Å². The first kappa shape index (κ1) is 25.4. The summed E-state index contributed by atoms with van der Waals surface area (Å²) < 4.78 is 0. The lowest BCUT2D eigenvalue weighted by Gasteiger charge is -2.36. The largest absolute Gasteiger partial charge is 0.348 e. The number of aryl methyl sites for hydroxylation is 1. The molecule has 3 atom stereocenters. The summed E-state index contributed by atoms with van der Waals surface area (Å²) in [7, 11) is 0. The number of aromatic nitrogens is 1. The molecule has 0 unspecified atom stereocenters. The standard InChI is InChI=1S/C26H38N4O2S/c1-16(2)28-23(26(5,6)7)25(32)30-14-8-9-21(30)24(31)29-17(3)19-10-12-20(13-11-19)22-18(4)27-15-33-22/h10-13,15-17,21,23,28H,8-9,14H2,1-7H3,(H,29,31)/t17-,21-,23+/m0/s1. The summed E-state index contributed by atoms with van der Waals surface area (Å²) in [5, 5.41) is 6.56. The van der Waals surface area contributed by atoms with Gasteiger partial charge in [0.15, 0.2) is 0 Å². The summed E-state index contributed by atoms with van der Waals surface area (Å²) in [6, 6.07) is 7.57. The predicted octanol–water partition coefficient (Wildman–Crippen LogP) is 4.70. The van der Waals surface area contributed by atoms with Gasteiger partial charge in [0.05, 0.1) is 28.2 Å². The lowest BCUT2D eigenvalue weighted by atomic mass is 9.85. The maximum Gasteiger partial charge on any atom is 0.243 e. The van der Waals surface area contributed by atoms with Crippen molar-refractivity contribution in [3.63, 3.8) is 0 Å². The third-order valence-corrected chi connectivity index (χ3v) is 7.21. The van der Waals surface area contributed by atoms with E-state index in [1.54, 1.807) is 16.2 Å². The Morgan fingerprint density at radius 1 is 1.15 bits per heavy atom. The van der Waals surface area contributed by atoms with E-state index in [1.807, 2.05) is 33.2 Å². The second-order valence-electron chi connectivity index (χ2n) is 10.4. The van der Waals surface area contributed by atoms with Gasteiger partial charge in [0, 0.05) is 12.6 Å². The van der Waals surface area contributed by atoms with Crippen molar-refractivity contribution in [3.8, 4) is 10.4 Å². The number of rotatable bonds is 7. The Bertz CT molecular complexity index is 961. The number of hydrogen-bond acceptors (Lipinski definition) is 5. The Kier molecular flexibility index (Phi) is 7.96. The molecule has 1 aromatic carbocycles. The highest BCUT2D eigenvalue weighted by molar-refractivity contribution is 7.13. The van der Waals surface area contributed by atoms with Crippen LogP contribution in [0.3, 0.4) is 0 Å². The van der Waals surface area contributed by atoms with Gasteiger partial charge >= 0.3 is 0 Å². The van der Waals surface area contributed by atoms with Gasteiger partial charge in [-0.15, -0.1) is 11.3 Å². The molecule has 0 saturated carbocycles. The average Bonchev–Trinajstić information content (AvgIpc) is 3.40. The maximum absolute atomic E-state index is 13.5. The summed E-state index contributed by atoms with van der Waals surface area (Å²) >= 11 is 1.63. The molecule has 2 heterocycles. The number of hydrogen-bond donors (Lipinski definition) is 2. The van der Waals surface area contributed by atoms with Crippen molar-refractivity contribution in [2.45, 2.75) is 85.5 Å². The number of nitrogens with zero attached hydrogens (tertiary/aromatic N) is 2. The summed E-state index contributed by atoms with van der Waals surface area (Å²) in [6.07, 6.45) is 1.55. The molecule has 0 spiro atoms. The van der Waals surface area contributed by atoms with Gasteiger partial charge in [-0.2, -0.15) is 0 Å². The van der Waals surface area contributed by atoms with Gasteiger partial charge in [0.1, 0.15) is 6.04 Å². The first-order valence-corrected chi connectivity index (χ1v) is 12.7. The van der Waals surface area contributed by atoms with Crippen molar-refractivity contribution in [1.29, 1.82) is 0 Å². The van der Waals surface area contributed by atoms with E-state index in [0.29, 0.717) is 13.0 Å². The van der Waals surface area contributed by atoms with E-state index in [9.17, 15) is 9.59 Å². The molecule has 6 nitrogen and oxygen atoms in total. The van der Waals surface area contributed by atoms with Gasteiger partial charge in [-0.25, -0.2) is 4.98 Å². The van der Waals surface area contributed by atoms with E-state index in [1.165, 1.54) is 4.88 Å². The second-order valence-corrected chi connectivity index (χ2v) is 11.3. The van der Waals surface area contributed by atoms with Crippen LogP contribution in [0.25, 0.3) is 10.4 Å². The fourth-order valence-corrected chi connectivity index (χ4v) is 5.20. The summed E-state index contributed by atoms with van der Waals surface area (Å²) in [6.45, 7) is 14.9. The Hall–Kier alpha value is -2.25. The summed E-state index contributed by atoms with van der Waals surface area (Å²) in [5.74, 6) is -0.0567. The molecule has 1 aliphatic rings. The van der Waals surface area contributed by atoms with Crippen LogP contribution in [0.1, 0.15) is 71.7 Å². The highest BCUT2D eigenvalue weighted by atomic mass is 32.1. The Morgan fingerprint density at radius 3 is 2.36 bits per heavy atom. The van der Waals surface area contributed by atoms with Gasteiger partial charge in [0.25, 0.3) is 0 Å². The topological polar surface area (TPSA) is 74.3 Å². The second kappa shape index (κ2) is 10.3. The third-order valence-electron chi connectivity index (χ3n) is 6.23. The predicted molar refractivity (Wildman–Crippen MR) is 135 cm³/mol. The van der Waals surface area contributed by atoms with Gasteiger partial charge in [0.2, 0.25) is 11.8 Å². The molecular weight excluding hydrogens is 432 g/mol. The monoisotopic (exact) mass is 470 g/mol. The van der Waals surface area contributed by atoms with Gasteiger partial charge in [-0.05, 0) is 43.2 Å². The van der Waals surface area contributed by atoms with Gasteiger partial charge in [-0.1, -0.05) is 58.9 Å². The fourth-order valence-electron chi connectivity index (χ4n) is 4.39. The van der Waals surface area contributed by atoms with Crippen molar-refractivity contribution in [1.82, 2.24) is 20.5 Å². The molecule has 2 aromatic rings. The number of nitrogens with one attached hydrogen (secondary N) is 2. The number of carbonyl (C=O) groups is 2. The SMILES string of the molecule is Cc1ncsc1-c1ccc([C@H](C)NC(=O)[C@@H]2CCCN2C(=O)[C@@H](NC(C)C)C(C)(C)C)cc1. The lowest BCUT2D eigenvalue weighted by Crippen LogP contribution is -2.57. The maximum atomic E-state index is 13.5. The van der Waals surface area contributed by atoms with Crippen LogP contribution in [0.5, 0.6) is 0 Å². The highest BCUT2D eigenvalue weighted by Gasteiger charge is 2.41. The van der Waals surface area contributed by atoms with E-state index in [4.69, 9.17) is 0 Å². The van der Waals surface area contributed by atoms with Gasteiger partial charge in [-0.3, -0.25) is 9.59 Å². The minimum absolute atomic E-state index is 0.0192. The zero-order valence-corrected chi connectivity index (χ0v) is 21.8. The number of benzene rings is 1. The van der Waals surface area contributed by atoms with E-state index in [0.717, 1.165) is 23.2 Å². The quantitative estimate of drug-likeness (QED) is 0.615. The minimum Gasteiger partial charge on any atom is -0.348 e. The lowest BCUT2D eigenvalue weighted by molar-refractivity contribution is -0.142. The zero-order chi connectivity index (χ0) is 24.3. The Labute approximate surface area is 202 Å². The van der Waals surface area contributed by atoms with E-state index in [2.05, 4.69) is 60.7 Å². The molecule has 1 saturated heterocycles. The fraction of sp³-hybridized carbons (Fsp3) is 0.577. The molecule has 180 valence electrons. The first-order chi connectivity index (χ1) is 15.5. The van der Waals surface area contributed by atoms with Crippen LogP contribution >= 0.6 is 11.3 Å². The molecule has 1 fully saturated rings. The molecule has 1 aliphatic heterocycles. The molecule has 33 heavy (non-hydrogen) atoms. The Morgan fingerprint density at radius 2 is 1.82 bits per heavy atom. The van der Waals surface area contributed by atoms with Crippen LogP contribution in [0.4, 0.5) is 0 Å². The number of carbonyl (C=O) groups excluding carboxylic acids is 2. The van der Waals surface area contributed by atoms with Crippen molar-refractivity contribution in [3.05, 3.63) is 41.0 Å². The molecule has 3 rings (SSSR count). The third kappa shape index (κ3) is 6.01. The van der Waals surface area contributed by atoms with Crippen LogP contribution in [-0.2, 0) is 9.59 Å². The van der Waals surface area contributed by atoms with Crippen LogP contribution in [0.15, 0.2) is 29.8 Å². The zero-order valence-electron chi connectivity index (χ0n) is 20.9. The normalized spacial score (nSPS) is 18.4. The molecule has 1 aromatic heterocycles. The molecule has 0 radical (unpaired) electrons. The van der Waals surface area contributed by atoms with Crippen molar-refractivity contribution in [2.75, 3.05) is 6.54 Å². The molecule has 0 bridgehead atoms. The van der Waals surface area contributed by atoms with Gasteiger partial charge < -0.3 is 15.5 Å². The van der Waals surface area contributed by atoms with Crippen molar-refractivity contribution in [2.24, 2.45) is 5.41 Å². The summed E-state index contributed by atoms with van der Waals surface area (Å²) in [5.41, 5.74) is 4.82. The average molecular weight is 471 g/mol. The van der Waals surface area contributed by atoms with E-state index in [-0.39, 0.29) is 35.4 Å². The number of amides is 2. The molecule has 2 amide bonds. The Balaban J connectivity index is 1.68. The van der Waals surface area contributed by atoms with Crippen LogP contribution < -0.4 is 10.6 Å². The summed E-state index contributed by atoms with van der Waals surface area (Å²) in [4.78, 5) is 33.9. The molecule has 7 heteroatoms.